The lowest BCUT2D eigenvalue weighted by Gasteiger charge is -2.39. The normalized spacial score (nSPS) is 19.6. The number of hydrogen-bond acceptors (Lipinski definition) is 5. The lowest BCUT2D eigenvalue weighted by Crippen LogP contribution is -2.48. The van der Waals surface area contributed by atoms with E-state index in [1.807, 2.05) is 6.07 Å². The van der Waals surface area contributed by atoms with Crippen LogP contribution < -0.4 is 0 Å². The van der Waals surface area contributed by atoms with Crippen molar-refractivity contribution >= 4 is 17.7 Å². The van der Waals surface area contributed by atoms with Gasteiger partial charge in [-0.3, -0.25) is 14.6 Å². The highest BCUT2D eigenvalue weighted by molar-refractivity contribution is 7.99. The van der Waals surface area contributed by atoms with Crippen molar-refractivity contribution in [2.45, 2.75) is 48.9 Å². The zero-order valence-corrected chi connectivity index (χ0v) is 19.4. The largest absolute Gasteiger partial charge is 0.465 e. The van der Waals surface area contributed by atoms with Gasteiger partial charge in [-0.25, -0.2) is 4.39 Å². The Morgan fingerprint density at radius 2 is 1.90 bits per heavy atom. The molecule has 1 atom stereocenters. The zero-order valence-electron chi connectivity index (χ0n) is 18.6. The molecule has 0 amide bonds. The van der Waals surface area contributed by atoms with Crippen molar-refractivity contribution in [3.05, 3.63) is 58.9 Å². The van der Waals surface area contributed by atoms with E-state index in [0.29, 0.717) is 12.5 Å². The Kier molecular flexibility index (Phi) is 6.99. The molecule has 2 aliphatic rings. The number of rotatable bonds is 5. The molecular weight excluding hydrogens is 411 g/mol. The number of nitrogens with zero attached hydrogens (tertiary/aromatic N) is 2. The third-order valence-corrected chi connectivity index (χ3v) is 7.47. The summed E-state index contributed by atoms with van der Waals surface area (Å²) in [7, 11) is 0. The first-order valence-electron chi connectivity index (χ1n) is 11.1. The highest BCUT2D eigenvalue weighted by Gasteiger charge is 2.30. The minimum Gasteiger partial charge on any atom is -0.465 e. The number of carbonyl (C=O) groups is 1. The molecule has 0 spiro atoms. The zero-order chi connectivity index (χ0) is 22.0. The van der Waals surface area contributed by atoms with Gasteiger partial charge in [-0.15, -0.1) is 0 Å². The van der Waals surface area contributed by atoms with Gasteiger partial charge in [0.2, 0.25) is 0 Å². The maximum atomic E-state index is 14.0. The van der Waals surface area contributed by atoms with Crippen molar-refractivity contribution in [3.63, 3.8) is 0 Å². The second kappa shape index (κ2) is 9.72. The van der Waals surface area contributed by atoms with E-state index in [1.165, 1.54) is 28.5 Å². The summed E-state index contributed by atoms with van der Waals surface area (Å²) in [6.07, 6.45) is 0.893. The van der Waals surface area contributed by atoms with Gasteiger partial charge in [0.1, 0.15) is 12.4 Å². The van der Waals surface area contributed by atoms with Crippen LogP contribution in [0.3, 0.4) is 0 Å². The molecule has 1 fully saturated rings. The van der Waals surface area contributed by atoms with Gasteiger partial charge in [0.15, 0.2) is 0 Å². The van der Waals surface area contributed by atoms with Gasteiger partial charge in [-0.2, -0.15) is 0 Å². The minimum absolute atomic E-state index is 0.175. The molecule has 0 unspecified atom stereocenters. The molecule has 2 aromatic rings. The third-order valence-electron chi connectivity index (χ3n) is 6.28. The molecule has 2 aliphatic heterocycles. The van der Waals surface area contributed by atoms with Crippen molar-refractivity contribution in [1.82, 2.24) is 9.80 Å². The molecule has 4 rings (SSSR count). The topological polar surface area (TPSA) is 32.8 Å². The molecule has 1 saturated heterocycles. The summed E-state index contributed by atoms with van der Waals surface area (Å²) in [6, 6.07) is 12.3. The molecule has 0 N–H and O–H groups in total. The maximum absolute atomic E-state index is 14.0. The van der Waals surface area contributed by atoms with E-state index in [4.69, 9.17) is 4.74 Å². The maximum Gasteiger partial charge on any atom is 0.302 e. The summed E-state index contributed by atoms with van der Waals surface area (Å²) in [6.45, 7) is 11.0. The number of benzene rings is 2. The van der Waals surface area contributed by atoms with Crippen LogP contribution in [0.1, 0.15) is 49.4 Å². The van der Waals surface area contributed by atoms with E-state index >= 15 is 0 Å². The minimum atomic E-state index is -0.220. The van der Waals surface area contributed by atoms with Crippen molar-refractivity contribution in [2.75, 3.05) is 39.3 Å². The fourth-order valence-electron chi connectivity index (χ4n) is 4.45. The van der Waals surface area contributed by atoms with Crippen LogP contribution in [0.15, 0.2) is 46.2 Å². The van der Waals surface area contributed by atoms with E-state index in [1.54, 1.807) is 23.9 Å². The number of carbonyl (C=O) groups excluding carboxylic acids is 1. The van der Waals surface area contributed by atoms with E-state index in [9.17, 15) is 9.18 Å². The van der Waals surface area contributed by atoms with Crippen LogP contribution in [0.25, 0.3) is 0 Å². The fraction of sp³-hybridized carbons (Fsp3) is 0.480. The van der Waals surface area contributed by atoms with Crippen molar-refractivity contribution in [2.24, 2.45) is 0 Å². The van der Waals surface area contributed by atoms with Crippen LogP contribution in [0.5, 0.6) is 0 Å². The molecule has 2 heterocycles. The van der Waals surface area contributed by atoms with E-state index in [-0.39, 0.29) is 17.8 Å². The van der Waals surface area contributed by atoms with Crippen LogP contribution in [-0.4, -0.2) is 55.1 Å². The predicted octanol–water partition coefficient (Wildman–Crippen LogP) is 4.88. The third kappa shape index (κ3) is 5.30. The van der Waals surface area contributed by atoms with E-state index in [0.717, 1.165) is 44.0 Å². The lowest BCUT2D eigenvalue weighted by molar-refractivity contribution is -0.141. The average molecular weight is 443 g/mol. The highest BCUT2D eigenvalue weighted by atomic mass is 32.2. The molecule has 0 aromatic heterocycles. The molecule has 4 nitrogen and oxygen atoms in total. The second-order valence-electron chi connectivity index (χ2n) is 8.74. The number of esters is 1. The number of hydrogen-bond donors (Lipinski definition) is 0. The van der Waals surface area contributed by atoms with Gasteiger partial charge in [0.25, 0.3) is 0 Å². The van der Waals surface area contributed by atoms with Gasteiger partial charge in [0.05, 0.1) is 0 Å². The van der Waals surface area contributed by atoms with Gasteiger partial charge in [-0.1, -0.05) is 43.8 Å². The van der Waals surface area contributed by atoms with Gasteiger partial charge in [-0.05, 0) is 47.2 Å². The average Bonchev–Trinajstić information content (AvgIpc) is 2.89. The Hall–Kier alpha value is -1.89. The Labute approximate surface area is 188 Å². The first-order valence-corrected chi connectivity index (χ1v) is 11.9. The Morgan fingerprint density at radius 1 is 1.13 bits per heavy atom. The quantitative estimate of drug-likeness (QED) is 0.617. The highest BCUT2D eigenvalue weighted by Crippen LogP contribution is 2.44. The smallest absolute Gasteiger partial charge is 0.302 e. The predicted molar refractivity (Wildman–Crippen MR) is 122 cm³/mol. The number of halogens is 1. The molecule has 2 aromatic carbocycles. The molecule has 0 radical (unpaired) electrons. The van der Waals surface area contributed by atoms with Gasteiger partial charge >= 0.3 is 5.97 Å². The van der Waals surface area contributed by atoms with Crippen molar-refractivity contribution in [1.29, 1.82) is 0 Å². The monoisotopic (exact) mass is 442 g/mol. The number of fused-ring (bicyclic) bond motifs is 2. The lowest BCUT2D eigenvalue weighted by atomic mass is 9.93. The summed E-state index contributed by atoms with van der Waals surface area (Å²) < 4.78 is 19.1. The Bertz CT molecular complexity index is 941. The van der Waals surface area contributed by atoms with Crippen molar-refractivity contribution < 1.29 is 13.9 Å². The number of piperazine rings is 1. The SMILES string of the molecule is CC(=O)OCCN1CCN([C@H]2Cc3ccc(F)cc3Sc3ccc(C(C)C)cc32)CC1. The molecule has 166 valence electrons. The summed E-state index contributed by atoms with van der Waals surface area (Å²) >= 11 is 1.69. The first-order chi connectivity index (χ1) is 14.9. The molecule has 0 aliphatic carbocycles. The first kappa shape index (κ1) is 22.3. The van der Waals surface area contributed by atoms with Crippen LogP contribution in [0, 0.1) is 5.82 Å². The molecule has 6 heteroatoms. The Balaban J connectivity index is 1.57. The van der Waals surface area contributed by atoms with Gasteiger partial charge in [0, 0.05) is 55.5 Å². The van der Waals surface area contributed by atoms with Crippen LogP contribution in [0.2, 0.25) is 0 Å². The van der Waals surface area contributed by atoms with E-state index in [2.05, 4.69) is 41.8 Å². The molecule has 0 bridgehead atoms. The molecule has 31 heavy (non-hydrogen) atoms. The standard InChI is InChI=1S/C25H31FN2O2S/c1-17(2)19-5-7-24-22(14-19)23(15-20-4-6-21(26)16-25(20)31-24)28-10-8-27(9-11-28)12-13-30-18(3)29/h4-7,14,16-17,23H,8-13,15H2,1-3H3/t23-/m0/s1. The summed E-state index contributed by atoms with van der Waals surface area (Å²) in [5, 5.41) is 0. The summed E-state index contributed by atoms with van der Waals surface area (Å²) in [4.78, 5) is 18.2. The van der Waals surface area contributed by atoms with Crippen LogP contribution in [-0.2, 0) is 16.0 Å². The molecule has 0 saturated carbocycles. The second-order valence-corrected chi connectivity index (χ2v) is 9.83. The van der Waals surface area contributed by atoms with Crippen LogP contribution >= 0.6 is 11.8 Å². The van der Waals surface area contributed by atoms with E-state index < -0.39 is 0 Å². The van der Waals surface area contributed by atoms with Gasteiger partial charge < -0.3 is 4.74 Å². The fourth-order valence-corrected chi connectivity index (χ4v) is 5.59. The summed E-state index contributed by atoms with van der Waals surface area (Å²) in [5.74, 6) is 0.0749. The Morgan fingerprint density at radius 3 is 2.61 bits per heavy atom. The molecular formula is C25H31FN2O2S. The van der Waals surface area contributed by atoms with Crippen LogP contribution in [0.4, 0.5) is 4.39 Å². The summed E-state index contributed by atoms with van der Waals surface area (Å²) in [5.41, 5.74) is 3.93. The van der Waals surface area contributed by atoms with Crippen molar-refractivity contribution in [3.8, 4) is 0 Å². The number of ether oxygens (including phenoxy) is 1.